The van der Waals surface area contributed by atoms with Crippen molar-refractivity contribution in [1.29, 1.82) is 0 Å². The fourth-order valence-electron chi connectivity index (χ4n) is 3.50. The number of anilines is 2. The lowest BCUT2D eigenvalue weighted by atomic mass is 9.82. The number of fused-ring (bicyclic) bond motifs is 3. The first-order chi connectivity index (χ1) is 11.1. The van der Waals surface area contributed by atoms with Gasteiger partial charge in [0.1, 0.15) is 0 Å². The van der Waals surface area contributed by atoms with Crippen LogP contribution in [0.1, 0.15) is 25.0 Å². The van der Waals surface area contributed by atoms with E-state index in [0.29, 0.717) is 0 Å². The third kappa shape index (κ3) is 2.29. The van der Waals surface area contributed by atoms with E-state index in [1.54, 1.807) is 0 Å². The lowest BCUT2D eigenvalue weighted by Gasteiger charge is -2.22. The van der Waals surface area contributed by atoms with Gasteiger partial charge in [-0.1, -0.05) is 56.3 Å². The van der Waals surface area contributed by atoms with Gasteiger partial charge in [0.2, 0.25) is 0 Å². The van der Waals surface area contributed by atoms with E-state index in [4.69, 9.17) is 0 Å². The summed E-state index contributed by atoms with van der Waals surface area (Å²) in [5.41, 5.74) is 7.75. The molecule has 3 aromatic carbocycles. The van der Waals surface area contributed by atoms with Crippen LogP contribution >= 0.6 is 15.9 Å². The molecule has 0 fully saturated rings. The molecular weight excluding hydrogens is 346 g/mol. The highest BCUT2D eigenvalue weighted by molar-refractivity contribution is 9.10. The average Bonchev–Trinajstić information content (AvgIpc) is 2.78. The van der Waals surface area contributed by atoms with Crippen molar-refractivity contribution in [2.24, 2.45) is 0 Å². The summed E-state index contributed by atoms with van der Waals surface area (Å²) >= 11 is 3.60. The summed E-state index contributed by atoms with van der Waals surface area (Å²) in [5, 5.41) is 3.52. The van der Waals surface area contributed by atoms with Crippen molar-refractivity contribution >= 4 is 27.3 Å². The zero-order valence-corrected chi connectivity index (χ0v) is 14.8. The molecule has 1 aliphatic carbocycles. The molecule has 0 atom stereocenters. The summed E-state index contributed by atoms with van der Waals surface area (Å²) in [5.74, 6) is 0. The van der Waals surface area contributed by atoms with Crippen LogP contribution in [0, 0.1) is 0 Å². The number of rotatable bonds is 2. The molecule has 0 saturated carbocycles. The molecule has 0 bridgehead atoms. The molecule has 0 amide bonds. The quantitative estimate of drug-likeness (QED) is 0.547. The maximum atomic E-state index is 3.60. The molecule has 0 radical (unpaired) electrons. The summed E-state index contributed by atoms with van der Waals surface area (Å²) < 4.78 is 1.07. The standard InChI is InChI=1S/C21H18BrN/c1-21(2)17-8-4-3-7-15(17)16-12-11-14(13-18(16)21)23-20-10-6-5-9-19(20)22/h3-13,23H,1-2H3. The van der Waals surface area contributed by atoms with E-state index < -0.39 is 0 Å². The minimum atomic E-state index is 0.0392. The fraction of sp³-hybridized carbons (Fsp3) is 0.143. The Morgan fingerprint density at radius 3 is 2.30 bits per heavy atom. The van der Waals surface area contributed by atoms with Crippen LogP contribution in [0.25, 0.3) is 11.1 Å². The van der Waals surface area contributed by atoms with Crippen molar-refractivity contribution in [2.45, 2.75) is 19.3 Å². The first-order valence-electron chi connectivity index (χ1n) is 7.83. The van der Waals surface area contributed by atoms with Gasteiger partial charge in [-0.15, -0.1) is 0 Å². The fourth-order valence-corrected chi connectivity index (χ4v) is 3.88. The molecule has 4 rings (SSSR count). The number of para-hydroxylation sites is 1. The molecule has 0 spiro atoms. The number of nitrogens with one attached hydrogen (secondary N) is 1. The maximum Gasteiger partial charge on any atom is 0.0528 e. The Balaban J connectivity index is 1.79. The second kappa shape index (κ2) is 5.24. The van der Waals surface area contributed by atoms with Crippen LogP contribution in [0.2, 0.25) is 0 Å². The highest BCUT2D eigenvalue weighted by Crippen LogP contribution is 2.49. The molecule has 0 heterocycles. The Hall–Kier alpha value is -2.06. The molecule has 0 aliphatic heterocycles. The number of halogens is 1. The van der Waals surface area contributed by atoms with Gasteiger partial charge < -0.3 is 5.32 Å². The van der Waals surface area contributed by atoms with E-state index in [1.165, 1.54) is 22.3 Å². The van der Waals surface area contributed by atoms with Crippen LogP contribution in [-0.2, 0) is 5.41 Å². The second-order valence-corrected chi connectivity index (χ2v) is 7.39. The zero-order chi connectivity index (χ0) is 16.0. The van der Waals surface area contributed by atoms with Crippen molar-refractivity contribution in [3.63, 3.8) is 0 Å². The number of hydrogen-bond acceptors (Lipinski definition) is 1. The summed E-state index contributed by atoms with van der Waals surface area (Å²) in [6, 6.07) is 23.6. The third-order valence-electron chi connectivity index (χ3n) is 4.74. The Morgan fingerprint density at radius 1 is 0.783 bits per heavy atom. The monoisotopic (exact) mass is 363 g/mol. The minimum Gasteiger partial charge on any atom is -0.355 e. The molecule has 0 unspecified atom stereocenters. The molecule has 23 heavy (non-hydrogen) atoms. The normalized spacial score (nSPS) is 14.2. The lowest BCUT2D eigenvalue weighted by molar-refractivity contribution is 0.660. The molecule has 3 aromatic rings. The predicted octanol–water partition coefficient (Wildman–Crippen LogP) is 6.50. The van der Waals surface area contributed by atoms with E-state index in [1.807, 2.05) is 12.1 Å². The van der Waals surface area contributed by atoms with Crippen molar-refractivity contribution in [3.8, 4) is 11.1 Å². The summed E-state index contributed by atoms with van der Waals surface area (Å²) in [6.45, 7) is 4.61. The van der Waals surface area contributed by atoms with E-state index >= 15 is 0 Å². The van der Waals surface area contributed by atoms with Crippen molar-refractivity contribution < 1.29 is 0 Å². The Bertz CT molecular complexity index is 896. The van der Waals surface area contributed by atoms with E-state index in [-0.39, 0.29) is 5.41 Å². The lowest BCUT2D eigenvalue weighted by Crippen LogP contribution is -2.15. The average molecular weight is 364 g/mol. The zero-order valence-electron chi connectivity index (χ0n) is 13.2. The SMILES string of the molecule is CC1(C)c2ccccc2-c2ccc(Nc3ccccc3Br)cc21. The van der Waals surface area contributed by atoms with Gasteiger partial charge in [-0.2, -0.15) is 0 Å². The summed E-state index contributed by atoms with van der Waals surface area (Å²) in [6.07, 6.45) is 0. The second-order valence-electron chi connectivity index (χ2n) is 6.54. The Morgan fingerprint density at radius 2 is 1.48 bits per heavy atom. The van der Waals surface area contributed by atoms with E-state index in [2.05, 4.69) is 89.7 Å². The summed E-state index contributed by atoms with van der Waals surface area (Å²) in [4.78, 5) is 0. The van der Waals surface area contributed by atoms with Crippen LogP contribution in [0.5, 0.6) is 0 Å². The number of hydrogen-bond donors (Lipinski definition) is 1. The molecule has 2 heteroatoms. The van der Waals surface area contributed by atoms with Crippen LogP contribution in [-0.4, -0.2) is 0 Å². The number of benzene rings is 3. The predicted molar refractivity (Wildman–Crippen MR) is 101 cm³/mol. The Kier molecular flexibility index (Phi) is 3.31. The largest absolute Gasteiger partial charge is 0.355 e. The van der Waals surface area contributed by atoms with Gasteiger partial charge in [-0.25, -0.2) is 0 Å². The highest BCUT2D eigenvalue weighted by atomic mass is 79.9. The smallest absolute Gasteiger partial charge is 0.0528 e. The van der Waals surface area contributed by atoms with Gasteiger partial charge in [0.15, 0.2) is 0 Å². The third-order valence-corrected chi connectivity index (χ3v) is 5.43. The molecule has 1 nitrogen and oxygen atoms in total. The van der Waals surface area contributed by atoms with Crippen LogP contribution in [0.15, 0.2) is 71.2 Å². The first kappa shape index (κ1) is 14.5. The molecule has 0 aromatic heterocycles. The molecule has 1 N–H and O–H groups in total. The van der Waals surface area contributed by atoms with Gasteiger partial charge >= 0.3 is 0 Å². The molecular formula is C21H18BrN. The maximum absolute atomic E-state index is 3.60. The molecule has 114 valence electrons. The molecule has 0 saturated heterocycles. The minimum absolute atomic E-state index is 0.0392. The molecule has 1 aliphatic rings. The van der Waals surface area contributed by atoms with Crippen molar-refractivity contribution in [1.82, 2.24) is 0 Å². The van der Waals surface area contributed by atoms with Crippen LogP contribution in [0.3, 0.4) is 0 Å². The van der Waals surface area contributed by atoms with Gasteiger partial charge in [0.05, 0.1) is 5.69 Å². The van der Waals surface area contributed by atoms with Crippen molar-refractivity contribution in [2.75, 3.05) is 5.32 Å². The summed E-state index contributed by atoms with van der Waals surface area (Å²) in [7, 11) is 0. The Labute approximate surface area is 145 Å². The first-order valence-corrected chi connectivity index (χ1v) is 8.62. The topological polar surface area (TPSA) is 12.0 Å². The van der Waals surface area contributed by atoms with Gasteiger partial charge in [0.25, 0.3) is 0 Å². The van der Waals surface area contributed by atoms with Crippen LogP contribution < -0.4 is 5.32 Å². The van der Waals surface area contributed by atoms with Gasteiger partial charge in [0, 0.05) is 15.6 Å². The van der Waals surface area contributed by atoms with E-state index in [0.717, 1.165) is 15.8 Å². The van der Waals surface area contributed by atoms with Crippen molar-refractivity contribution in [3.05, 3.63) is 82.3 Å². The van der Waals surface area contributed by atoms with Crippen LogP contribution in [0.4, 0.5) is 11.4 Å². The van der Waals surface area contributed by atoms with Gasteiger partial charge in [-0.3, -0.25) is 0 Å². The highest BCUT2D eigenvalue weighted by Gasteiger charge is 2.35. The van der Waals surface area contributed by atoms with E-state index in [9.17, 15) is 0 Å². The van der Waals surface area contributed by atoms with Gasteiger partial charge in [-0.05, 0) is 62.4 Å².